The Hall–Kier alpha value is -2.24. The molecule has 0 unspecified atom stereocenters. The number of aliphatic hydroxyl groups excluding tert-OH is 1. The SMILES string of the molecule is Oc1ccc([C@H]2C[C@@H](c3ccc(O)c(O)c3)[C@H](O)CO2)cc1. The average molecular weight is 302 g/mol. The minimum absolute atomic E-state index is 0.180. The number of phenols is 3. The van der Waals surface area contributed by atoms with Gasteiger partial charge in [-0.15, -0.1) is 0 Å². The summed E-state index contributed by atoms with van der Waals surface area (Å²) in [6.45, 7) is 0.192. The second kappa shape index (κ2) is 5.87. The summed E-state index contributed by atoms with van der Waals surface area (Å²) in [7, 11) is 0. The summed E-state index contributed by atoms with van der Waals surface area (Å²) in [6.07, 6.45) is -0.307. The number of rotatable bonds is 2. The van der Waals surface area contributed by atoms with Crippen molar-refractivity contribution in [2.45, 2.75) is 24.5 Å². The molecule has 0 amide bonds. The van der Waals surface area contributed by atoms with E-state index in [9.17, 15) is 20.4 Å². The summed E-state index contributed by atoms with van der Waals surface area (Å²) in [6, 6.07) is 11.4. The fraction of sp³-hybridized carbons (Fsp3) is 0.294. The Bertz CT molecular complexity index is 653. The van der Waals surface area contributed by atoms with E-state index in [2.05, 4.69) is 0 Å². The predicted molar refractivity (Wildman–Crippen MR) is 79.9 cm³/mol. The quantitative estimate of drug-likeness (QED) is 0.640. The van der Waals surface area contributed by atoms with Gasteiger partial charge in [0.15, 0.2) is 11.5 Å². The molecule has 0 bridgehead atoms. The third kappa shape index (κ3) is 2.86. The molecule has 1 aliphatic heterocycles. The molecule has 1 aliphatic rings. The number of benzene rings is 2. The van der Waals surface area contributed by atoms with Crippen LogP contribution in [0, 0.1) is 0 Å². The summed E-state index contributed by atoms with van der Waals surface area (Å²) in [5.74, 6) is -0.378. The maximum Gasteiger partial charge on any atom is 0.157 e. The molecular weight excluding hydrogens is 284 g/mol. The summed E-state index contributed by atoms with van der Waals surface area (Å²) < 4.78 is 5.68. The van der Waals surface area contributed by atoms with Crippen molar-refractivity contribution in [3.8, 4) is 17.2 Å². The van der Waals surface area contributed by atoms with Crippen LogP contribution in [0.25, 0.3) is 0 Å². The molecule has 22 heavy (non-hydrogen) atoms. The summed E-state index contributed by atoms with van der Waals surface area (Å²) >= 11 is 0. The summed E-state index contributed by atoms with van der Waals surface area (Å²) in [5.41, 5.74) is 1.69. The van der Waals surface area contributed by atoms with E-state index in [1.54, 1.807) is 30.3 Å². The number of aromatic hydroxyl groups is 3. The van der Waals surface area contributed by atoms with Crippen molar-refractivity contribution in [2.24, 2.45) is 0 Å². The Labute approximate surface area is 128 Å². The second-order valence-electron chi connectivity index (χ2n) is 5.57. The number of hydrogen-bond acceptors (Lipinski definition) is 5. The zero-order chi connectivity index (χ0) is 15.7. The van der Waals surface area contributed by atoms with Gasteiger partial charge < -0.3 is 25.2 Å². The van der Waals surface area contributed by atoms with Crippen molar-refractivity contribution in [2.75, 3.05) is 6.61 Å². The molecule has 0 aliphatic carbocycles. The largest absolute Gasteiger partial charge is 0.508 e. The van der Waals surface area contributed by atoms with E-state index in [1.807, 2.05) is 0 Å². The first-order valence-corrected chi connectivity index (χ1v) is 7.15. The maximum atomic E-state index is 10.2. The lowest BCUT2D eigenvalue weighted by Gasteiger charge is -2.34. The van der Waals surface area contributed by atoms with E-state index in [1.165, 1.54) is 12.1 Å². The van der Waals surface area contributed by atoms with Gasteiger partial charge in [0.05, 0.1) is 18.8 Å². The number of ether oxygens (including phenoxy) is 1. The van der Waals surface area contributed by atoms with Crippen LogP contribution in [0.3, 0.4) is 0 Å². The van der Waals surface area contributed by atoms with Crippen LogP contribution < -0.4 is 0 Å². The Morgan fingerprint density at radius 2 is 1.55 bits per heavy atom. The zero-order valence-corrected chi connectivity index (χ0v) is 11.9. The van der Waals surface area contributed by atoms with Gasteiger partial charge in [-0.3, -0.25) is 0 Å². The molecule has 116 valence electrons. The van der Waals surface area contributed by atoms with E-state index < -0.39 is 6.10 Å². The molecule has 5 nitrogen and oxygen atoms in total. The summed E-state index contributed by atoms with van der Waals surface area (Å²) in [5, 5.41) is 38.6. The van der Waals surface area contributed by atoms with E-state index in [0.29, 0.717) is 6.42 Å². The minimum Gasteiger partial charge on any atom is -0.508 e. The number of hydrogen-bond donors (Lipinski definition) is 4. The molecule has 0 spiro atoms. The first-order chi connectivity index (χ1) is 10.5. The third-order valence-corrected chi connectivity index (χ3v) is 4.09. The van der Waals surface area contributed by atoms with E-state index >= 15 is 0 Å². The van der Waals surface area contributed by atoms with Gasteiger partial charge >= 0.3 is 0 Å². The van der Waals surface area contributed by atoms with Crippen LogP contribution in [0.1, 0.15) is 29.6 Å². The zero-order valence-electron chi connectivity index (χ0n) is 11.9. The highest BCUT2D eigenvalue weighted by atomic mass is 16.5. The molecule has 0 aromatic heterocycles. The van der Waals surface area contributed by atoms with Gasteiger partial charge in [-0.25, -0.2) is 0 Å². The van der Waals surface area contributed by atoms with Crippen molar-refractivity contribution in [1.82, 2.24) is 0 Å². The smallest absolute Gasteiger partial charge is 0.157 e. The Balaban J connectivity index is 1.84. The molecule has 1 heterocycles. The fourth-order valence-electron chi connectivity index (χ4n) is 2.84. The second-order valence-corrected chi connectivity index (χ2v) is 5.57. The Morgan fingerprint density at radius 3 is 2.23 bits per heavy atom. The molecule has 1 fully saturated rings. The van der Waals surface area contributed by atoms with E-state index in [4.69, 9.17) is 4.74 Å². The Kier molecular flexibility index (Phi) is 3.92. The molecule has 0 radical (unpaired) electrons. The highest BCUT2D eigenvalue weighted by Gasteiger charge is 2.32. The number of phenolic OH excluding ortho intramolecular Hbond substituents is 3. The molecule has 3 atom stereocenters. The molecule has 4 N–H and O–H groups in total. The van der Waals surface area contributed by atoms with Crippen molar-refractivity contribution < 1.29 is 25.2 Å². The van der Waals surface area contributed by atoms with E-state index in [0.717, 1.165) is 11.1 Å². The van der Waals surface area contributed by atoms with Gasteiger partial charge in [-0.05, 0) is 41.8 Å². The van der Waals surface area contributed by atoms with Gasteiger partial charge in [0, 0.05) is 5.92 Å². The maximum absolute atomic E-state index is 10.2. The normalized spacial score (nSPS) is 25.0. The lowest BCUT2D eigenvalue weighted by atomic mass is 9.84. The number of aliphatic hydroxyl groups is 1. The van der Waals surface area contributed by atoms with Crippen molar-refractivity contribution in [1.29, 1.82) is 0 Å². The van der Waals surface area contributed by atoms with Gasteiger partial charge in [-0.1, -0.05) is 18.2 Å². The lowest BCUT2D eigenvalue weighted by Crippen LogP contribution is -2.32. The molecular formula is C17H18O5. The van der Waals surface area contributed by atoms with Crippen LogP contribution in [0.5, 0.6) is 17.2 Å². The highest BCUT2D eigenvalue weighted by Crippen LogP contribution is 2.40. The molecule has 2 aromatic carbocycles. The van der Waals surface area contributed by atoms with Crippen LogP contribution in [0.2, 0.25) is 0 Å². The topological polar surface area (TPSA) is 90.2 Å². The van der Waals surface area contributed by atoms with E-state index in [-0.39, 0.29) is 35.9 Å². The molecule has 3 rings (SSSR count). The van der Waals surface area contributed by atoms with Crippen LogP contribution in [0.4, 0.5) is 0 Å². The molecule has 2 aromatic rings. The van der Waals surface area contributed by atoms with Crippen molar-refractivity contribution >= 4 is 0 Å². The molecule has 0 saturated carbocycles. The molecule has 5 heteroatoms. The summed E-state index contributed by atoms with van der Waals surface area (Å²) in [4.78, 5) is 0. The van der Waals surface area contributed by atoms with Gasteiger partial charge in [-0.2, -0.15) is 0 Å². The molecule has 1 saturated heterocycles. The minimum atomic E-state index is -0.669. The third-order valence-electron chi connectivity index (χ3n) is 4.09. The highest BCUT2D eigenvalue weighted by molar-refractivity contribution is 5.42. The van der Waals surface area contributed by atoms with Crippen LogP contribution in [-0.4, -0.2) is 33.1 Å². The van der Waals surface area contributed by atoms with Crippen LogP contribution in [0.15, 0.2) is 42.5 Å². The van der Waals surface area contributed by atoms with Gasteiger partial charge in [0.25, 0.3) is 0 Å². The monoisotopic (exact) mass is 302 g/mol. The van der Waals surface area contributed by atoms with Crippen LogP contribution in [-0.2, 0) is 4.74 Å². The first kappa shape index (κ1) is 14.7. The van der Waals surface area contributed by atoms with Crippen molar-refractivity contribution in [3.63, 3.8) is 0 Å². The van der Waals surface area contributed by atoms with Gasteiger partial charge in [0.2, 0.25) is 0 Å². The Morgan fingerprint density at radius 1 is 0.864 bits per heavy atom. The fourth-order valence-corrected chi connectivity index (χ4v) is 2.84. The standard InChI is InChI=1S/C17H18O5/c18-12-4-1-10(2-5-12)17-8-13(16(21)9-22-17)11-3-6-14(19)15(20)7-11/h1-7,13,16-21H,8-9H2/t13-,16+,17+/m0/s1. The predicted octanol–water partition coefficient (Wildman–Crippen LogP) is 2.41. The average Bonchev–Trinajstić information content (AvgIpc) is 2.51. The van der Waals surface area contributed by atoms with Crippen LogP contribution >= 0.6 is 0 Å². The van der Waals surface area contributed by atoms with Gasteiger partial charge in [0.1, 0.15) is 5.75 Å². The lowest BCUT2D eigenvalue weighted by molar-refractivity contribution is -0.0699. The first-order valence-electron chi connectivity index (χ1n) is 7.15. The van der Waals surface area contributed by atoms with Crippen molar-refractivity contribution in [3.05, 3.63) is 53.6 Å².